The van der Waals surface area contributed by atoms with Gasteiger partial charge in [0.15, 0.2) is 9.84 Å². The molecule has 0 aromatic carbocycles. The Hall–Kier alpha value is -0.780. The van der Waals surface area contributed by atoms with Crippen LogP contribution in [0.5, 0.6) is 0 Å². The van der Waals surface area contributed by atoms with E-state index in [1.807, 2.05) is 4.90 Å². The molecule has 2 saturated heterocycles. The van der Waals surface area contributed by atoms with Gasteiger partial charge in [-0.2, -0.15) is 0 Å². The molecule has 0 saturated carbocycles. The van der Waals surface area contributed by atoms with Crippen LogP contribution in [-0.2, 0) is 9.84 Å². The Morgan fingerprint density at radius 1 is 1.22 bits per heavy atom. The molecule has 104 valence electrons. The van der Waals surface area contributed by atoms with Gasteiger partial charge in [-0.25, -0.2) is 13.2 Å². The van der Waals surface area contributed by atoms with Crippen LogP contribution < -0.4 is 0 Å². The zero-order valence-corrected chi connectivity index (χ0v) is 11.9. The lowest BCUT2D eigenvalue weighted by atomic mass is 9.99. The second-order valence-corrected chi connectivity index (χ2v) is 7.85. The summed E-state index contributed by atoms with van der Waals surface area (Å²) >= 11 is 0. The zero-order valence-electron chi connectivity index (χ0n) is 11.1. The Labute approximate surface area is 109 Å². The fraction of sp³-hybridized carbons (Fsp3) is 0.917. The first-order valence-corrected chi connectivity index (χ1v) is 8.43. The third-order valence-electron chi connectivity index (χ3n) is 4.11. The number of carbonyl (C=O) groups is 1. The Balaban J connectivity index is 1.93. The predicted octanol–water partition coefficient (Wildman–Crippen LogP) is 0.957. The van der Waals surface area contributed by atoms with Gasteiger partial charge in [-0.05, 0) is 25.2 Å². The largest absolute Gasteiger partial charge is 0.325 e. The van der Waals surface area contributed by atoms with Gasteiger partial charge < -0.3 is 9.80 Å². The molecule has 0 aromatic heterocycles. The van der Waals surface area contributed by atoms with E-state index in [-0.39, 0.29) is 23.6 Å². The molecule has 0 aliphatic carbocycles. The third kappa shape index (κ3) is 2.96. The Morgan fingerprint density at radius 3 is 2.33 bits per heavy atom. The Kier molecular flexibility index (Phi) is 3.84. The SMILES string of the molecule is CC1CCN(C(=O)N(C)C2CCS(=O)(=O)C2)CC1. The van der Waals surface area contributed by atoms with E-state index in [0.29, 0.717) is 12.3 Å². The number of amides is 2. The molecule has 2 fully saturated rings. The summed E-state index contributed by atoms with van der Waals surface area (Å²) in [6.45, 7) is 3.79. The number of likely N-dealkylation sites (tertiary alicyclic amines) is 1. The topological polar surface area (TPSA) is 57.7 Å². The van der Waals surface area contributed by atoms with Crippen molar-refractivity contribution in [1.29, 1.82) is 0 Å². The van der Waals surface area contributed by atoms with E-state index < -0.39 is 9.84 Å². The number of nitrogens with zero attached hydrogens (tertiary/aromatic N) is 2. The molecular weight excluding hydrogens is 252 g/mol. The fourth-order valence-corrected chi connectivity index (χ4v) is 4.43. The molecule has 2 heterocycles. The van der Waals surface area contributed by atoms with E-state index in [1.165, 1.54) is 0 Å². The van der Waals surface area contributed by atoms with Crippen LogP contribution in [0.3, 0.4) is 0 Å². The normalized spacial score (nSPS) is 28.3. The number of carbonyl (C=O) groups excluding carboxylic acids is 1. The van der Waals surface area contributed by atoms with E-state index in [2.05, 4.69) is 6.92 Å². The van der Waals surface area contributed by atoms with Gasteiger partial charge in [-0.15, -0.1) is 0 Å². The summed E-state index contributed by atoms with van der Waals surface area (Å²) in [6.07, 6.45) is 2.67. The number of rotatable bonds is 1. The molecular formula is C12H22N2O3S. The van der Waals surface area contributed by atoms with Crippen LogP contribution >= 0.6 is 0 Å². The van der Waals surface area contributed by atoms with Gasteiger partial charge in [0.2, 0.25) is 0 Å². The lowest BCUT2D eigenvalue weighted by molar-refractivity contribution is 0.132. The average molecular weight is 274 g/mol. The maximum Gasteiger partial charge on any atom is 0.320 e. The molecule has 1 atom stereocenters. The summed E-state index contributed by atoms with van der Waals surface area (Å²) in [6, 6.07) is -0.147. The molecule has 0 N–H and O–H groups in total. The van der Waals surface area contributed by atoms with E-state index >= 15 is 0 Å². The minimum atomic E-state index is -2.93. The first-order valence-electron chi connectivity index (χ1n) is 6.61. The fourth-order valence-electron chi connectivity index (χ4n) is 2.66. The zero-order chi connectivity index (χ0) is 13.3. The van der Waals surface area contributed by atoms with Gasteiger partial charge in [0.1, 0.15) is 0 Å². The highest BCUT2D eigenvalue weighted by atomic mass is 32.2. The van der Waals surface area contributed by atoms with Gasteiger partial charge >= 0.3 is 6.03 Å². The molecule has 2 aliphatic rings. The summed E-state index contributed by atoms with van der Waals surface area (Å²) in [5.41, 5.74) is 0. The van der Waals surface area contributed by atoms with Crippen molar-refractivity contribution in [2.45, 2.75) is 32.2 Å². The van der Waals surface area contributed by atoms with Crippen LogP contribution in [0.4, 0.5) is 4.79 Å². The molecule has 0 aromatic rings. The molecule has 6 heteroatoms. The second kappa shape index (κ2) is 5.07. The molecule has 0 bridgehead atoms. The summed E-state index contributed by atoms with van der Waals surface area (Å²) in [5.74, 6) is 1.03. The minimum Gasteiger partial charge on any atom is -0.325 e. The van der Waals surface area contributed by atoms with E-state index in [4.69, 9.17) is 0 Å². The molecule has 2 rings (SSSR count). The minimum absolute atomic E-state index is 0.0102. The quantitative estimate of drug-likeness (QED) is 0.715. The lowest BCUT2D eigenvalue weighted by Crippen LogP contribution is -2.48. The number of piperidine rings is 1. The third-order valence-corrected chi connectivity index (χ3v) is 5.86. The first kappa shape index (κ1) is 13.6. The first-order chi connectivity index (χ1) is 8.39. The maximum absolute atomic E-state index is 12.3. The summed E-state index contributed by atoms with van der Waals surface area (Å²) in [5, 5.41) is 0. The maximum atomic E-state index is 12.3. The van der Waals surface area contributed by atoms with Crippen molar-refractivity contribution in [3.05, 3.63) is 0 Å². The van der Waals surface area contributed by atoms with Crippen molar-refractivity contribution in [3.63, 3.8) is 0 Å². The van der Waals surface area contributed by atoms with Crippen molar-refractivity contribution in [2.75, 3.05) is 31.6 Å². The average Bonchev–Trinajstić information content (AvgIpc) is 2.69. The van der Waals surface area contributed by atoms with Gasteiger partial charge in [-0.1, -0.05) is 6.92 Å². The van der Waals surface area contributed by atoms with Crippen LogP contribution in [0.1, 0.15) is 26.2 Å². The molecule has 18 heavy (non-hydrogen) atoms. The molecule has 0 radical (unpaired) electrons. The predicted molar refractivity (Wildman–Crippen MR) is 70.2 cm³/mol. The van der Waals surface area contributed by atoms with Crippen molar-refractivity contribution in [1.82, 2.24) is 9.80 Å². The highest BCUT2D eigenvalue weighted by molar-refractivity contribution is 7.91. The number of sulfone groups is 1. The number of urea groups is 1. The molecule has 5 nitrogen and oxygen atoms in total. The summed E-state index contributed by atoms with van der Waals surface area (Å²) in [7, 11) is -1.20. The van der Waals surface area contributed by atoms with Gasteiger partial charge in [0.05, 0.1) is 11.5 Å². The lowest BCUT2D eigenvalue weighted by Gasteiger charge is -2.35. The molecule has 1 unspecified atom stereocenters. The number of hydrogen-bond acceptors (Lipinski definition) is 3. The second-order valence-electron chi connectivity index (χ2n) is 5.62. The standard InChI is InChI=1S/C12H22N2O3S/c1-10-3-6-14(7-4-10)12(15)13(2)11-5-8-18(16,17)9-11/h10-11H,3-9H2,1-2H3. The number of hydrogen-bond donors (Lipinski definition) is 0. The smallest absolute Gasteiger partial charge is 0.320 e. The van der Waals surface area contributed by atoms with Crippen molar-refractivity contribution >= 4 is 15.9 Å². The van der Waals surface area contributed by atoms with Crippen molar-refractivity contribution in [3.8, 4) is 0 Å². The molecule has 2 aliphatic heterocycles. The van der Waals surface area contributed by atoms with Crippen molar-refractivity contribution < 1.29 is 13.2 Å². The summed E-state index contributed by atoms with van der Waals surface area (Å²) < 4.78 is 22.9. The van der Waals surface area contributed by atoms with E-state index in [0.717, 1.165) is 25.9 Å². The highest BCUT2D eigenvalue weighted by Gasteiger charge is 2.34. The van der Waals surface area contributed by atoms with Gasteiger partial charge in [0, 0.05) is 26.2 Å². The van der Waals surface area contributed by atoms with Crippen LogP contribution in [-0.4, -0.2) is 61.9 Å². The Bertz CT molecular complexity index is 413. The van der Waals surface area contributed by atoms with Crippen molar-refractivity contribution in [2.24, 2.45) is 5.92 Å². The highest BCUT2D eigenvalue weighted by Crippen LogP contribution is 2.21. The van der Waals surface area contributed by atoms with Crippen LogP contribution in [0.2, 0.25) is 0 Å². The van der Waals surface area contributed by atoms with E-state index in [9.17, 15) is 13.2 Å². The van der Waals surface area contributed by atoms with Gasteiger partial charge in [0.25, 0.3) is 0 Å². The van der Waals surface area contributed by atoms with Crippen LogP contribution in [0.25, 0.3) is 0 Å². The molecule has 2 amide bonds. The van der Waals surface area contributed by atoms with Gasteiger partial charge in [-0.3, -0.25) is 0 Å². The Morgan fingerprint density at radius 2 is 1.83 bits per heavy atom. The van der Waals surface area contributed by atoms with Crippen LogP contribution in [0, 0.1) is 5.92 Å². The van der Waals surface area contributed by atoms with Crippen LogP contribution in [0.15, 0.2) is 0 Å². The monoisotopic (exact) mass is 274 g/mol. The molecule has 0 spiro atoms. The summed E-state index contributed by atoms with van der Waals surface area (Å²) in [4.78, 5) is 15.7. The van der Waals surface area contributed by atoms with E-state index in [1.54, 1.807) is 11.9 Å².